The van der Waals surface area contributed by atoms with E-state index >= 15 is 0 Å². The van der Waals surface area contributed by atoms with Crippen molar-refractivity contribution in [2.24, 2.45) is 17.1 Å². The van der Waals surface area contributed by atoms with E-state index in [4.69, 9.17) is 5.73 Å². The third-order valence-electron chi connectivity index (χ3n) is 6.39. The molecule has 3 atom stereocenters. The molecule has 1 aromatic rings. The van der Waals surface area contributed by atoms with Gasteiger partial charge in [-0.2, -0.15) is 4.31 Å². The van der Waals surface area contributed by atoms with Gasteiger partial charge in [0, 0.05) is 18.5 Å². The van der Waals surface area contributed by atoms with Crippen LogP contribution in [0, 0.1) is 18.3 Å². The highest BCUT2D eigenvalue weighted by Gasteiger charge is 2.54. The number of sulfonamides is 1. The molecule has 6 heteroatoms. The monoisotopic (exact) mass is 378 g/mol. The summed E-state index contributed by atoms with van der Waals surface area (Å²) in [6, 6.07) is 7.07. The molecule has 0 bridgehead atoms. The van der Waals surface area contributed by atoms with E-state index in [9.17, 15) is 13.2 Å². The topological polar surface area (TPSA) is 80.5 Å². The minimum absolute atomic E-state index is 0.0295. The molecular formula is C20H30N2O3S. The summed E-state index contributed by atoms with van der Waals surface area (Å²) in [5.74, 6) is -0.350. The fourth-order valence-electron chi connectivity index (χ4n) is 4.87. The third kappa shape index (κ3) is 3.41. The van der Waals surface area contributed by atoms with Gasteiger partial charge < -0.3 is 5.73 Å². The predicted octanol–water partition coefficient (Wildman–Crippen LogP) is 3.22. The zero-order valence-electron chi connectivity index (χ0n) is 15.8. The molecule has 26 heavy (non-hydrogen) atoms. The van der Waals surface area contributed by atoms with Gasteiger partial charge in [-0.05, 0) is 56.6 Å². The Bertz CT molecular complexity index is 760. The van der Waals surface area contributed by atoms with E-state index in [1.165, 1.54) is 0 Å². The highest BCUT2D eigenvalue weighted by atomic mass is 32.2. The summed E-state index contributed by atoms with van der Waals surface area (Å²) in [5, 5.41) is 0. The SMILES string of the molecule is CCCCC1N(S(=O)(=O)c2ccc(C)cc2)CCC12CCC(C(N)=O)C2. The Kier molecular flexibility index (Phi) is 5.45. The van der Waals surface area contributed by atoms with E-state index in [0.29, 0.717) is 11.4 Å². The molecule has 1 saturated heterocycles. The molecule has 1 saturated carbocycles. The summed E-state index contributed by atoms with van der Waals surface area (Å²) >= 11 is 0. The van der Waals surface area contributed by atoms with Crippen molar-refractivity contribution in [3.8, 4) is 0 Å². The summed E-state index contributed by atoms with van der Waals surface area (Å²) in [7, 11) is -3.52. The number of benzene rings is 1. The van der Waals surface area contributed by atoms with Crippen LogP contribution in [0.25, 0.3) is 0 Å². The molecule has 0 aromatic heterocycles. The summed E-state index contributed by atoms with van der Waals surface area (Å²) in [5.41, 5.74) is 6.50. The molecule has 2 N–H and O–H groups in total. The van der Waals surface area contributed by atoms with Crippen LogP contribution in [0.15, 0.2) is 29.2 Å². The maximum atomic E-state index is 13.3. The van der Waals surface area contributed by atoms with Crippen LogP contribution in [0.3, 0.4) is 0 Å². The molecule has 1 heterocycles. The number of carbonyl (C=O) groups excluding carboxylic acids is 1. The van der Waals surface area contributed by atoms with Crippen molar-refractivity contribution in [2.45, 2.75) is 69.7 Å². The third-order valence-corrected chi connectivity index (χ3v) is 8.31. The zero-order valence-corrected chi connectivity index (χ0v) is 16.6. The normalized spacial score (nSPS) is 29.5. The van der Waals surface area contributed by atoms with E-state index in [-0.39, 0.29) is 23.3 Å². The molecule has 2 aliphatic rings. The van der Waals surface area contributed by atoms with Gasteiger partial charge in [0.1, 0.15) is 0 Å². The van der Waals surface area contributed by atoms with Gasteiger partial charge in [-0.1, -0.05) is 37.5 Å². The minimum atomic E-state index is -3.52. The molecule has 1 amide bonds. The van der Waals surface area contributed by atoms with Crippen LogP contribution >= 0.6 is 0 Å². The molecule has 1 aliphatic carbocycles. The second-order valence-corrected chi connectivity index (χ2v) is 9.93. The first-order chi connectivity index (χ1) is 12.3. The summed E-state index contributed by atoms with van der Waals surface area (Å²) in [4.78, 5) is 12.1. The number of hydrogen-bond donors (Lipinski definition) is 1. The van der Waals surface area contributed by atoms with Crippen LogP contribution < -0.4 is 5.73 Å². The van der Waals surface area contributed by atoms with Crippen LogP contribution in [0.1, 0.15) is 57.4 Å². The van der Waals surface area contributed by atoms with E-state index in [1.807, 2.05) is 19.1 Å². The van der Waals surface area contributed by atoms with Crippen molar-refractivity contribution < 1.29 is 13.2 Å². The number of rotatable bonds is 6. The second-order valence-electron chi connectivity index (χ2n) is 8.04. The molecule has 1 aliphatic heterocycles. The summed E-state index contributed by atoms with van der Waals surface area (Å²) in [6.07, 6.45) is 6.13. The smallest absolute Gasteiger partial charge is 0.243 e. The van der Waals surface area contributed by atoms with Crippen LogP contribution in [-0.2, 0) is 14.8 Å². The average molecular weight is 379 g/mol. The number of primary amides is 1. The summed E-state index contributed by atoms with van der Waals surface area (Å²) < 4.78 is 28.3. The molecule has 0 radical (unpaired) electrons. The van der Waals surface area contributed by atoms with Gasteiger partial charge in [0.15, 0.2) is 0 Å². The Morgan fingerprint density at radius 1 is 1.27 bits per heavy atom. The highest BCUT2D eigenvalue weighted by molar-refractivity contribution is 7.89. The van der Waals surface area contributed by atoms with Gasteiger partial charge in [0.05, 0.1) is 4.90 Å². The van der Waals surface area contributed by atoms with Crippen molar-refractivity contribution in [3.05, 3.63) is 29.8 Å². The van der Waals surface area contributed by atoms with E-state index in [2.05, 4.69) is 6.92 Å². The minimum Gasteiger partial charge on any atom is -0.369 e. The number of nitrogens with two attached hydrogens (primary N) is 1. The Labute approximate surface area is 157 Å². The maximum Gasteiger partial charge on any atom is 0.243 e. The highest BCUT2D eigenvalue weighted by Crippen LogP contribution is 2.54. The first-order valence-electron chi connectivity index (χ1n) is 9.68. The van der Waals surface area contributed by atoms with Gasteiger partial charge in [-0.25, -0.2) is 8.42 Å². The Morgan fingerprint density at radius 2 is 1.96 bits per heavy atom. The lowest BCUT2D eigenvalue weighted by atomic mass is 9.76. The number of aryl methyl sites for hydroxylation is 1. The zero-order chi connectivity index (χ0) is 18.9. The standard InChI is InChI=1S/C20H30N2O3S/c1-3-4-5-18-20(11-10-16(14-20)19(21)23)12-13-22(18)26(24,25)17-8-6-15(2)7-9-17/h6-9,16,18H,3-5,10-14H2,1-2H3,(H2,21,23). The van der Waals surface area contributed by atoms with Gasteiger partial charge in [0.2, 0.25) is 15.9 Å². The number of carbonyl (C=O) groups is 1. The molecule has 5 nitrogen and oxygen atoms in total. The number of amides is 1. The van der Waals surface area contributed by atoms with Gasteiger partial charge in [-0.3, -0.25) is 4.79 Å². The largest absolute Gasteiger partial charge is 0.369 e. The van der Waals surface area contributed by atoms with Crippen LogP contribution in [-0.4, -0.2) is 31.2 Å². The van der Waals surface area contributed by atoms with Crippen molar-refractivity contribution in [1.29, 1.82) is 0 Å². The van der Waals surface area contributed by atoms with Gasteiger partial charge >= 0.3 is 0 Å². The lowest BCUT2D eigenvalue weighted by molar-refractivity contribution is -0.121. The summed E-state index contributed by atoms with van der Waals surface area (Å²) in [6.45, 7) is 4.62. The molecule has 1 spiro atoms. The lowest BCUT2D eigenvalue weighted by Crippen LogP contribution is -2.42. The van der Waals surface area contributed by atoms with Crippen molar-refractivity contribution in [1.82, 2.24) is 4.31 Å². The number of hydrogen-bond acceptors (Lipinski definition) is 3. The average Bonchev–Trinajstić information content (AvgIpc) is 3.19. The molecule has 1 aromatic carbocycles. The van der Waals surface area contributed by atoms with Crippen LogP contribution in [0.2, 0.25) is 0 Å². The van der Waals surface area contributed by atoms with Crippen molar-refractivity contribution in [3.63, 3.8) is 0 Å². The fourth-order valence-corrected chi connectivity index (χ4v) is 6.62. The van der Waals surface area contributed by atoms with Gasteiger partial charge in [-0.15, -0.1) is 0 Å². The molecular weight excluding hydrogens is 348 g/mol. The number of unbranched alkanes of at least 4 members (excludes halogenated alkanes) is 1. The first-order valence-corrected chi connectivity index (χ1v) is 11.1. The predicted molar refractivity (Wildman–Crippen MR) is 102 cm³/mol. The van der Waals surface area contributed by atoms with Crippen molar-refractivity contribution >= 4 is 15.9 Å². The second kappa shape index (κ2) is 7.31. The van der Waals surface area contributed by atoms with E-state index in [0.717, 1.165) is 50.5 Å². The van der Waals surface area contributed by atoms with E-state index < -0.39 is 10.0 Å². The van der Waals surface area contributed by atoms with Gasteiger partial charge in [0.25, 0.3) is 0 Å². The van der Waals surface area contributed by atoms with E-state index in [1.54, 1.807) is 16.4 Å². The van der Waals surface area contributed by atoms with Crippen molar-refractivity contribution in [2.75, 3.05) is 6.54 Å². The van der Waals surface area contributed by atoms with Crippen LogP contribution in [0.4, 0.5) is 0 Å². The lowest BCUT2D eigenvalue weighted by Gasteiger charge is -2.35. The molecule has 2 fully saturated rings. The molecule has 144 valence electrons. The fraction of sp³-hybridized carbons (Fsp3) is 0.650. The van der Waals surface area contributed by atoms with Crippen LogP contribution in [0.5, 0.6) is 0 Å². The Hall–Kier alpha value is -1.40. The quantitative estimate of drug-likeness (QED) is 0.825. The maximum absolute atomic E-state index is 13.3. The molecule has 3 unspecified atom stereocenters. The Balaban J connectivity index is 1.91. The number of nitrogens with zero attached hydrogens (tertiary/aromatic N) is 1. The Morgan fingerprint density at radius 3 is 2.54 bits per heavy atom. The first kappa shape index (κ1) is 19.4. The molecule has 3 rings (SSSR count).